The maximum atomic E-state index is 11.1. The summed E-state index contributed by atoms with van der Waals surface area (Å²) in [6, 6.07) is 0. The first kappa shape index (κ1) is 15.5. The molecule has 0 spiro atoms. The molecule has 0 saturated carbocycles. The fourth-order valence-corrected chi connectivity index (χ4v) is 2.32. The average Bonchev–Trinajstić information content (AvgIpc) is 2.35. The molecule has 7 nitrogen and oxygen atoms in total. The lowest BCUT2D eigenvalue weighted by molar-refractivity contribution is -0.385. The third kappa shape index (κ3) is 4.23. The Morgan fingerprint density at radius 3 is 2.68 bits per heavy atom. The largest absolute Gasteiger partial charge is 0.364 e. The Morgan fingerprint density at radius 1 is 1.47 bits per heavy atom. The molecule has 1 heterocycles. The van der Waals surface area contributed by atoms with E-state index in [2.05, 4.69) is 27.5 Å². The van der Waals surface area contributed by atoms with Crippen LogP contribution < -0.4 is 10.6 Å². The van der Waals surface area contributed by atoms with Gasteiger partial charge in [-0.3, -0.25) is 10.1 Å². The Balaban J connectivity index is 2.96. The van der Waals surface area contributed by atoms with Gasteiger partial charge in [-0.1, -0.05) is 6.92 Å². The Kier molecular flexibility index (Phi) is 5.81. The molecule has 2 N–H and O–H groups in total. The van der Waals surface area contributed by atoms with E-state index in [0.717, 1.165) is 5.75 Å². The Labute approximate surface area is 116 Å². The van der Waals surface area contributed by atoms with Crippen molar-refractivity contribution in [3.63, 3.8) is 0 Å². The van der Waals surface area contributed by atoms with Crippen molar-refractivity contribution in [3.8, 4) is 0 Å². The predicted molar refractivity (Wildman–Crippen MR) is 79.0 cm³/mol. The number of rotatable bonds is 7. The molecular weight excluding hydrogens is 266 g/mol. The highest BCUT2D eigenvalue weighted by Gasteiger charge is 2.21. The molecule has 1 atom stereocenters. The summed E-state index contributed by atoms with van der Waals surface area (Å²) < 4.78 is 0. The molecule has 106 valence electrons. The lowest BCUT2D eigenvalue weighted by Gasteiger charge is -2.13. The van der Waals surface area contributed by atoms with Crippen LogP contribution in [0.2, 0.25) is 0 Å². The maximum Gasteiger partial charge on any atom is 0.332 e. The normalized spacial score (nSPS) is 12.0. The van der Waals surface area contributed by atoms with E-state index < -0.39 is 4.92 Å². The maximum absolute atomic E-state index is 11.1. The van der Waals surface area contributed by atoms with Gasteiger partial charge >= 0.3 is 5.69 Å². The van der Waals surface area contributed by atoms with E-state index in [1.165, 1.54) is 0 Å². The van der Waals surface area contributed by atoms with E-state index in [1.807, 2.05) is 6.26 Å². The van der Waals surface area contributed by atoms with Crippen LogP contribution in [0.1, 0.15) is 12.6 Å². The van der Waals surface area contributed by atoms with Gasteiger partial charge in [-0.25, -0.2) is 4.98 Å². The molecule has 1 aromatic heterocycles. The number of anilines is 2. The molecular formula is C11H19N5O2S. The topological polar surface area (TPSA) is 93.0 Å². The van der Waals surface area contributed by atoms with Crippen molar-refractivity contribution in [2.75, 3.05) is 36.2 Å². The molecule has 0 saturated heterocycles. The molecule has 1 aromatic rings. The Bertz CT molecular complexity index is 455. The van der Waals surface area contributed by atoms with E-state index in [0.29, 0.717) is 24.1 Å². The van der Waals surface area contributed by atoms with E-state index >= 15 is 0 Å². The van der Waals surface area contributed by atoms with E-state index in [-0.39, 0.29) is 11.5 Å². The number of nitrogens with zero attached hydrogens (tertiary/aromatic N) is 3. The van der Waals surface area contributed by atoms with Gasteiger partial charge in [0.15, 0.2) is 0 Å². The van der Waals surface area contributed by atoms with Crippen molar-refractivity contribution in [1.82, 2.24) is 9.97 Å². The summed E-state index contributed by atoms with van der Waals surface area (Å²) in [6.07, 6.45) is 2.03. The molecule has 0 bridgehead atoms. The van der Waals surface area contributed by atoms with Crippen molar-refractivity contribution < 1.29 is 4.92 Å². The van der Waals surface area contributed by atoms with Gasteiger partial charge < -0.3 is 10.6 Å². The highest BCUT2D eigenvalue weighted by Crippen LogP contribution is 2.26. The van der Waals surface area contributed by atoms with Gasteiger partial charge in [0, 0.05) is 13.6 Å². The van der Waals surface area contributed by atoms with Crippen LogP contribution in [0.4, 0.5) is 17.5 Å². The fraction of sp³-hybridized carbons (Fsp3) is 0.636. The van der Waals surface area contributed by atoms with Gasteiger partial charge in [0.1, 0.15) is 5.69 Å². The molecule has 1 rings (SSSR count). The fourth-order valence-electron chi connectivity index (χ4n) is 1.63. The number of nitrogens with one attached hydrogen (secondary N) is 2. The second kappa shape index (κ2) is 7.13. The molecule has 0 aliphatic heterocycles. The van der Waals surface area contributed by atoms with Crippen LogP contribution in [-0.4, -0.2) is 40.5 Å². The number of aromatic nitrogens is 2. The SMILES string of the molecule is CNc1nc(C)c([N+](=O)[O-])c(NCC(C)CSC)n1. The van der Waals surface area contributed by atoms with E-state index in [1.54, 1.807) is 25.7 Å². The average molecular weight is 285 g/mol. The summed E-state index contributed by atoms with van der Waals surface area (Å²) >= 11 is 1.75. The molecule has 19 heavy (non-hydrogen) atoms. The monoisotopic (exact) mass is 285 g/mol. The lowest BCUT2D eigenvalue weighted by Crippen LogP contribution is -2.16. The van der Waals surface area contributed by atoms with Crippen molar-refractivity contribution >= 4 is 29.2 Å². The van der Waals surface area contributed by atoms with Crippen molar-refractivity contribution in [3.05, 3.63) is 15.8 Å². The molecule has 0 aliphatic rings. The lowest BCUT2D eigenvalue weighted by atomic mass is 10.2. The first-order valence-corrected chi connectivity index (χ1v) is 7.32. The highest BCUT2D eigenvalue weighted by atomic mass is 32.2. The molecule has 1 unspecified atom stereocenters. The zero-order valence-electron chi connectivity index (χ0n) is 11.6. The summed E-state index contributed by atoms with van der Waals surface area (Å²) in [5.74, 6) is 2.05. The van der Waals surface area contributed by atoms with Gasteiger partial charge in [-0.05, 0) is 24.9 Å². The smallest absolute Gasteiger partial charge is 0.332 e. The van der Waals surface area contributed by atoms with Gasteiger partial charge in [-0.2, -0.15) is 16.7 Å². The van der Waals surface area contributed by atoms with Gasteiger partial charge in [-0.15, -0.1) is 0 Å². The van der Waals surface area contributed by atoms with Crippen molar-refractivity contribution in [2.45, 2.75) is 13.8 Å². The minimum absolute atomic E-state index is 0.0599. The number of aryl methyl sites for hydroxylation is 1. The quantitative estimate of drug-likeness (QED) is 0.585. The molecule has 0 radical (unpaired) electrons. The van der Waals surface area contributed by atoms with Crippen LogP contribution >= 0.6 is 11.8 Å². The van der Waals surface area contributed by atoms with Crippen LogP contribution in [0, 0.1) is 23.0 Å². The van der Waals surface area contributed by atoms with E-state index in [9.17, 15) is 10.1 Å². The third-order valence-electron chi connectivity index (χ3n) is 2.53. The summed E-state index contributed by atoms with van der Waals surface area (Å²) in [4.78, 5) is 18.8. The molecule has 8 heteroatoms. The van der Waals surface area contributed by atoms with Crippen LogP contribution in [0.3, 0.4) is 0 Å². The predicted octanol–water partition coefficient (Wildman–Crippen LogP) is 2.15. The number of hydrogen-bond acceptors (Lipinski definition) is 7. The van der Waals surface area contributed by atoms with Crippen molar-refractivity contribution in [1.29, 1.82) is 0 Å². The summed E-state index contributed by atoms with van der Waals surface area (Å²) in [6.45, 7) is 4.33. The summed E-state index contributed by atoms with van der Waals surface area (Å²) in [5.41, 5.74) is 0.291. The Morgan fingerprint density at radius 2 is 2.16 bits per heavy atom. The molecule has 0 aromatic carbocycles. The van der Waals surface area contributed by atoms with Crippen LogP contribution in [0.5, 0.6) is 0 Å². The van der Waals surface area contributed by atoms with Crippen LogP contribution in [0.15, 0.2) is 0 Å². The van der Waals surface area contributed by atoms with Crippen molar-refractivity contribution in [2.24, 2.45) is 5.92 Å². The van der Waals surface area contributed by atoms with Gasteiger partial charge in [0.2, 0.25) is 11.8 Å². The number of nitro groups is 1. The highest BCUT2D eigenvalue weighted by molar-refractivity contribution is 7.98. The second-order valence-electron chi connectivity index (χ2n) is 4.28. The first-order chi connectivity index (χ1) is 8.99. The van der Waals surface area contributed by atoms with Crippen LogP contribution in [0.25, 0.3) is 0 Å². The minimum atomic E-state index is -0.448. The molecule has 0 fully saturated rings. The van der Waals surface area contributed by atoms with Crippen LogP contribution in [-0.2, 0) is 0 Å². The third-order valence-corrected chi connectivity index (χ3v) is 3.44. The zero-order chi connectivity index (χ0) is 14.4. The van der Waals surface area contributed by atoms with E-state index in [4.69, 9.17) is 0 Å². The van der Waals surface area contributed by atoms with Gasteiger partial charge in [0.05, 0.1) is 4.92 Å². The summed E-state index contributed by atoms with van der Waals surface area (Å²) in [7, 11) is 1.68. The number of hydrogen-bond donors (Lipinski definition) is 2. The minimum Gasteiger partial charge on any atom is -0.364 e. The first-order valence-electron chi connectivity index (χ1n) is 5.93. The standard InChI is InChI=1S/C11H19N5O2S/c1-7(6-19-4)5-13-10-9(16(17)18)8(2)14-11(12-3)15-10/h7H,5-6H2,1-4H3,(H2,12,13,14,15). The molecule has 0 amide bonds. The second-order valence-corrected chi connectivity index (χ2v) is 5.19. The zero-order valence-corrected chi connectivity index (χ0v) is 12.4. The molecule has 0 aliphatic carbocycles. The Hall–Kier alpha value is -1.57. The summed E-state index contributed by atoms with van der Waals surface area (Å²) in [5, 5.41) is 16.9. The number of thioether (sulfide) groups is 1. The van der Waals surface area contributed by atoms with Gasteiger partial charge in [0.25, 0.3) is 0 Å².